The van der Waals surface area contributed by atoms with E-state index in [4.69, 9.17) is 5.11 Å². The summed E-state index contributed by atoms with van der Waals surface area (Å²) in [6, 6.07) is 13.2. The van der Waals surface area contributed by atoms with E-state index in [2.05, 4.69) is 16.2 Å². The summed E-state index contributed by atoms with van der Waals surface area (Å²) >= 11 is 0. The quantitative estimate of drug-likeness (QED) is 0.472. The summed E-state index contributed by atoms with van der Waals surface area (Å²) in [4.78, 5) is 45.8. The Balaban J connectivity index is 1.93. The topological polar surface area (TPSA) is 125 Å². The second-order valence-electron chi connectivity index (χ2n) is 5.46. The summed E-state index contributed by atoms with van der Waals surface area (Å²) in [6.45, 7) is 1.84. The zero-order valence-electron chi connectivity index (χ0n) is 14.4. The van der Waals surface area contributed by atoms with Gasteiger partial charge in [-0.3, -0.25) is 25.2 Å². The molecule has 0 bridgehead atoms. The lowest BCUT2D eigenvalue weighted by molar-refractivity contribution is -0.131. The van der Waals surface area contributed by atoms with E-state index < -0.39 is 17.8 Å². The van der Waals surface area contributed by atoms with Crippen LogP contribution in [0.4, 0.5) is 5.69 Å². The average Bonchev–Trinajstić information content (AvgIpc) is 2.65. The van der Waals surface area contributed by atoms with Gasteiger partial charge in [0.25, 0.3) is 17.7 Å². The van der Waals surface area contributed by atoms with Crippen LogP contribution in [-0.4, -0.2) is 28.8 Å². The van der Waals surface area contributed by atoms with Crippen LogP contribution in [0, 0.1) is 6.92 Å². The molecule has 0 atom stereocenters. The zero-order chi connectivity index (χ0) is 19.8. The number of aliphatic carboxylic acids is 1. The first-order chi connectivity index (χ1) is 12.9. The third-order valence-corrected chi connectivity index (χ3v) is 3.47. The number of nitrogens with one attached hydrogen (secondary N) is 3. The van der Waals surface area contributed by atoms with Crippen LogP contribution in [0.15, 0.2) is 60.7 Å². The molecule has 4 N–H and O–H groups in total. The van der Waals surface area contributed by atoms with E-state index in [0.29, 0.717) is 17.3 Å². The molecule has 0 saturated carbocycles. The molecule has 138 valence electrons. The minimum Gasteiger partial charge on any atom is -0.478 e. The molecule has 8 heteroatoms. The molecule has 0 aromatic heterocycles. The monoisotopic (exact) mass is 367 g/mol. The second kappa shape index (κ2) is 8.95. The van der Waals surface area contributed by atoms with Crippen LogP contribution in [-0.2, 0) is 9.59 Å². The first-order valence-corrected chi connectivity index (χ1v) is 7.85. The Morgan fingerprint density at radius 2 is 1.52 bits per heavy atom. The van der Waals surface area contributed by atoms with Crippen LogP contribution in [0.5, 0.6) is 0 Å². The van der Waals surface area contributed by atoms with Gasteiger partial charge in [0.05, 0.1) is 0 Å². The van der Waals surface area contributed by atoms with Gasteiger partial charge in [-0.2, -0.15) is 0 Å². The molecule has 2 aromatic carbocycles. The maximum Gasteiger partial charge on any atom is 0.328 e. The van der Waals surface area contributed by atoms with Gasteiger partial charge < -0.3 is 10.4 Å². The first kappa shape index (κ1) is 19.4. The van der Waals surface area contributed by atoms with Crippen molar-refractivity contribution in [3.63, 3.8) is 0 Å². The lowest BCUT2D eigenvalue weighted by Gasteiger charge is -2.09. The van der Waals surface area contributed by atoms with Crippen molar-refractivity contribution < 1.29 is 24.3 Å². The van der Waals surface area contributed by atoms with Gasteiger partial charge in [0.1, 0.15) is 0 Å². The smallest absolute Gasteiger partial charge is 0.328 e. The van der Waals surface area contributed by atoms with Crippen molar-refractivity contribution in [2.45, 2.75) is 6.92 Å². The Morgan fingerprint density at radius 1 is 0.852 bits per heavy atom. The largest absolute Gasteiger partial charge is 0.478 e. The first-order valence-electron chi connectivity index (χ1n) is 7.85. The van der Waals surface area contributed by atoms with Gasteiger partial charge in [0.2, 0.25) is 0 Å². The van der Waals surface area contributed by atoms with Crippen LogP contribution < -0.4 is 16.2 Å². The SMILES string of the molecule is Cc1ccccc1C(=O)Nc1ccc(C(=O)NNC(=O)C=CC(=O)O)cc1. The molecule has 3 amide bonds. The normalized spacial score (nSPS) is 10.3. The molecule has 0 aliphatic rings. The number of carbonyl (C=O) groups excluding carboxylic acids is 3. The highest BCUT2D eigenvalue weighted by Gasteiger charge is 2.10. The Hall–Kier alpha value is -3.94. The van der Waals surface area contributed by atoms with Crippen molar-refractivity contribution in [2.24, 2.45) is 0 Å². The number of carboxylic acids is 1. The summed E-state index contributed by atoms with van der Waals surface area (Å²) < 4.78 is 0. The van der Waals surface area contributed by atoms with E-state index in [1.807, 2.05) is 19.1 Å². The summed E-state index contributed by atoms with van der Waals surface area (Å²) in [7, 11) is 0. The third kappa shape index (κ3) is 5.82. The summed E-state index contributed by atoms with van der Waals surface area (Å²) in [5, 5.41) is 11.1. The maximum atomic E-state index is 12.3. The van der Waals surface area contributed by atoms with Crippen LogP contribution in [0.3, 0.4) is 0 Å². The van der Waals surface area contributed by atoms with Crippen molar-refractivity contribution in [2.75, 3.05) is 5.32 Å². The number of carboxylic acid groups (broad SMARTS) is 1. The number of amides is 3. The summed E-state index contributed by atoms with van der Waals surface area (Å²) in [5.41, 5.74) is 6.35. The number of anilines is 1. The van der Waals surface area contributed by atoms with E-state index in [1.165, 1.54) is 12.1 Å². The third-order valence-electron chi connectivity index (χ3n) is 3.47. The molecule has 2 aromatic rings. The van der Waals surface area contributed by atoms with Crippen LogP contribution in [0.1, 0.15) is 26.3 Å². The molecule has 0 aliphatic carbocycles. The van der Waals surface area contributed by atoms with Crippen LogP contribution in [0.25, 0.3) is 0 Å². The Labute approximate surface area is 154 Å². The van der Waals surface area contributed by atoms with E-state index in [0.717, 1.165) is 11.6 Å². The van der Waals surface area contributed by atoms with Crippen molar-refractivity contribution in [1.29, 1.82) is 0 Å². The van der Waals surface area contributed by atoms with Gasteiger partial charge in [-0.1, -0.05) is 18.2 Å². The number of hydrogen-bond acceptors (Lipinski definition) is 4. The van der Waals surface area contributed by atoms with Crippen molar-refractivity contribution in [3.8, 4) is 0 Å². The number of hydrogen-bond donors (Lipinski definition) is 4. The van der Waals surface area contributed by atoms with E-state index >= 15 is 0 Å². The van der Waals surface area contributed by atoms with E-state index in [1.54, 1.807) is 24.3 Å². The molecule has 0 saturated heterocycles. The molecule has 0 aliphatic heterocycles. The highest BCUT2D eigenvalue weighted by Crippen LogP contribution is 2.13. The Morgan fingerprint density at radius 3 is 2.15 bits per heavy atom. The van der Waals surface area contributed by atoms with Gasteiger partial charge in [0.15, 0.2) is 0 Å². The lowest BCUT2D eigenvalue weighted by Crippen LogP contribution is -2.40. The van der Waals surface area contributed by atoms with Gasteiger partial charge in [0, 0.05) is 29.0 Å². The molecule has 0 radical (unpaired) electrons. The van der Waals surface area contributed by atoms with Crippen molar-refractivity contribution >= 4 is 29.4 Å². The van der Waals surface area contributed by atoms with Gasteiger partial charge in [-0.15, -0.1) is 0 Å². The van der Waals surface area contributed by atoms with E-state index in [9.17, 15) is 19.2 Å². The molecular weight excluding hydrogens is 350 g/mol. The number of carbonyl (C=O) groups is 4. The molecule has 27 heavy (non-hydrogen) atoms. The fourth-order valence-electron chi connectivity index (χ4n) is 2.11. The summed E-state index contributed by atoms with van der Waals surface area (Å²) in [5.74, 6) is -2.92. The minimum absolute atomic E-state index is 0.242. The second-order valence-corrected chi connectivity index (χ2v) is 5.46. The minimum atomic E-state index is -1.28. The van der Waals surface area contributed by atoms with Gasteiger partial charge in [-0.05, 0) is 42.8 Å². The number of rotatable bonds is 5. The lowest BCUT2D eigenvalue weighted by atomic mass is 10.1. The molecule has 0 spiro atoms. The Bertz CT molecular complexity index is 904. The van der Waals surface area contributed by atoms with E-state index in [-0.39, 0.29) is 11.5 Å². The fraction of sp³-hybridized carbons (Fsp3) is 0.0526. The predicted octanol–water partition coefficient (Wildman–Crippen LogP) is 1.65. The standard InChI is InChI=1S/C19H17N3O5/c1-12-4-2-3-5-15(12)19(27)20-14-8-6-13(7-9-14)18(26)22-21-16(23)10-11-17(24)25/h2-11H,1H3,(H,20,27)(H,21,23)(H,22,26)(H,24,25). The van der Waals surface area contributed by atoms with Crippen LogP contribution in [0.2, 0.25) is 0 Å². The number of hydrazine groups is 1. The number of aryl methyl sites for hydroxylation is 1. The summed E-state index contributed by atoms with van der Waals surface area (Å²) in [6.07, 6.45) is 1.42. The van der Waals surface area contributed by atoms with Gasteiger partial charge in [-0.25, -0.2) is 4.79 Å². The molecule has 0 unspecified atom stereocenters. The predicted molar refractivity (Wildman–Crippen MR) is 98.0 cm³/mol. The zero-order valence-corrected chi connectivity index (χ0v) is 14.4. The van der Waals surface area contributed by atoms with Crippen molar-refractivity contribution in [3.05, 3.63) is 77.4 Å². The fourth-order valence-corrected chi connectivity index (χ4v) is 2.11. The van der Waals surface area contributed by atoms with Crippen molar-refractivity contribution in [1.82, 2.24) is 10.9 Å². The number of benzene rings is 2. The molecule has 8 nitrogen and oxygen atoms in total. The highest BCUT2D eigenvalue weighted by molar-refractivity contribution is 6.05. The maximum absolute atomic E-state index is 12.3. The highest BCUT2D eigenvalue weighted by atomic mass is 16.4. The molecule has 2 rings (SSSR count). The van der Waals surface area contributed by atoms with Crippen LogP contribution >= 0.6 is 0 Å². The molecule has 0 fully saturated rings. The molecule has 0 heterocycles. The molecular formula is C19H17N3O5. The van der Waals surface area contributed by atoms with Gasteiger partial charge >= 0.3 is 5.97 Å². The Kier molecular flexibility index (Phi) is 6.43. The average molecular weight is 367 g/mol.